The molecule has 0 spiro atoms. The molecule has 0 bridgehead atoms. The Hall–Kier alpha value is -1.61. The van der Waals surface area contributed by atoms with Crippen LogP contribution in [-0.2, 0) is 0 Å². The molecule has 1 aromatic rings. The average Bonchev–Trinajstić information content (AvgIpc) is 2.42. The number of hydrogen-bond donors (Lipinski definition) is 2. The van der Waals surface area contributed by atoms with Crippen LogP contribution in [0.3, 0.4) is 0 Å². The van der Waals surface area contributed by atoms with Crippen molar-refractivity contribution in [1.82, 2.24) is 5.54 Å². The van der Waals surface area contributed by atoms with Gasteiger partial charge in [-0.25, -0.2) is 0 Å². The third kappa shape index (κ3) is 2.63. The van der Waals surface area contributed by atoms with Gasteiger partial charge in [-0.1, -0.05) is 43.4 Å². The first kappa shape index (κ1) is 14.8. The fourth-order valence-electron chi connectivity index (χ4n) is 2.85. The van der Waals surface area contributed by atoms with Crippen molar-refractivity contribution in [3.05, 3.63) is 53.1 Å². The van der Waals surface area contributed by atoms with Crippen LogP contribution in [0.25, 0.3) is 0 Å². The summed E-state index contributed by atoms with van der Waals surface area (Å²) in [5.41, 5.74) is 5.98. The van der Waals surface area contributed by atoms with E-state index >= 15 is 0 Å². The molecule has 0 saturated carbocycles. The number of aryl methyl sites for hydroxylation is 2. The zero-order valence-electron chi connectivity index (χ0n) is 12.6. The van der Waals surface area contributed by atoms with Gasteiger partial charge in [-0.05, 0) is 43.9 Å². The van der Waals surface area contributed by atoms with Gasteiger partial charge in [-0.15, -0.1) is 10.0 Å². The predicted octanol–water partition coefficient (Wildman–Crippen LogP) is 4.22. The number of halogens is 1. The van der Waals surface area contributed by atoms with E-state index in [1.54, 1.807) is 0 Å². The highest BCUT2D eigenvalue weighted by molar-refractivity contribution is 5.60. The van der Waals surface area contributed by atoms with Crippen LogP contribution >= 0.6 is 0 Å². The Bertz CT molecular complexity index is 528. The highest BCUT2D eigenvalue weighted by Crippen LogP contribution is 2.32. The molecule has 2 unspecified atom stereocenters. The van der Waals surface area contributed by atoms with Crippen LogP contribution < -0.4 is 10.9 Å². The van der Waals surface area contributed by atoms with Crippen LogP contribution in [-0.4, -0.2) is 11.6 Å². The number of anilines is 1. The molecule has 20 heavy (non-hydrogen) atoms. The van der Waals surface area contributed by atoms with Gasteiger partial charge in [-0.2, -0.15) is 0 Å². The molecular weight excluding hydrogens is 251 g/mol. The fourth-order valence-corrected chi connectivity index (χ4v) is 2.85. The van der Waals surface area contributed by atoms with E-state index in [-0.39, 0.29) is 6.04 Å². The minimum Gasteiger partial charge on any atom is -0.374 e. The third-order valence-electron chi connectivity index (χ3n) is 4.12. The maximum atomic E-state index is 13.4. The molecule has 2 N–H and O–H groups in total. The van der Waals surface area contributed by atoms with Crippen molar-refractivity contribution in [3.8, 4) is 0 Å². The maximum Gasteiger partial charge on any atom is 0.0847 e. The molecule has 0 radical (unpaired) electrons. The summed E-state index contributed by atoms with van der Waals surface area (Å²) in [6, 6.07) is 5.83. The summed E-state index contributed by atoms with van der Waals surface area (Å²) in [4.78, 5) is 0. The smallest absolute Gasteiger partial charge is 0.0847 e. The lowest BCUT2D eigenvalue weighted by Gasteiger charge is -2.39. The second-order valence-corrected chi connectivity index (χ2v) is 5.67. The van der Waals surface area contributed by atoms with E-state index in [1.165, 1.54) is 11.1 Å². The molecule has 1 aliphatic carbocycles. The largest absolute Gasteiger partial charge is 0.374 e. The van der Waals surface area contributed by atoms with Gasteiger partial charge in [0.25, 0.3) is 0 Å². The zero-order valence-corrected chi connectivity index (χ0v) is 12.6. The van der Waals surface area contributed by atoms with E-state index in [2.05, 4.69) is 38.2 Å². The normalized spacial score (nSPS) is 25.4. The first-order chi connectivity index (χ1) is 9.51. The number of benzene rings is 1. The van der Waals surface area contributed by atoms with E-state index in [1.807, 2.05) is 36.8 Å². The van der Waals surface area contributed by atoms with Crippen LogP contribution in [0.4, 0.5) is 10.2 Å². The number of nitrogens with one attached hydrogen (secondary N) is 2. The molecule has 1 aromatic carbocycles. The number of para-hydroxylation sites is 1. The van der Waals surface area contributed by atoms with Gasteiger partial charge < -0.3 is 5.32 Å². The molecule has 2 nitrogen and oxygen atoms in total. The summed E-state index contributed by atoms with van der Waals surface area (Å²) in [7, 11) is 0. The van der Waals surface area contributed by atoms with Gasteiger partial charge in [0.05, 0.1) is 11.6 Å². The minimum atomic E-state index is -0.480. The first-order valence-corrected chi connectivity index (χ1v) is 7.10. The summed E-state index contributed by atoms with van der Waals surface area (Å²) in [6.45, 7) is 8.21. The van der Waals surface area contributed by atoms with Crippen LogP contribution in [0.1, 0.15) is 31.4 Å². The van der Waals surface area contributed by atoms with Crippen molar-refractivity contribution in [2.75, 3.05) is 5.32 Å². The van der Waals surface area contributed by atoms with Gasteiger partial charge in [0.1, 0.15) is 0 Å². The van der Waals surface area contributed by atoms with E-state index in [4.69, 9.17) is 0 Å². The molecule has 2 rings (SSSR count). The van der Waals surface area contributed by atoms with E-state index in [0.717, 1.165) is 17.7 Å². The Kier molecular flexibility index (Phi) is 4.29. The van der Waals surface area contributed by atoms with Gasteiger partial charge in [0.15, 0.2) is 0 Å². The van der Waals surface area contributed by atoms with E-state index in [0.29, 0.717) is 0 Å². The fraction of sp³-hybridized carbons (Fsp3) is 0.412. The molecule has 0 aromatic heterocycles. The maximum absolute atomic E-state index is 13.4. The molecule has 2 atom stereocenters. The van der Waals surface area contributed by atoms with Gasteiger partial charge in [0.2, 0.25) is 0 Å². The van der Waals surface area contributed by atoms with Crippen LogP contribution in [0.2, 0.25) is 0 Å². The van der Waals surface area contributed by atoms with Crippen molar-refractivity contribution >= 4 is 5.69 Å². The second kappa shape index (κ2) is 5.80. The molecule has 0 heterocycles. The van der Waals surface area contributed by atoms with Crippen molar-refractivity contribution < 1.29 is 4.48 Å². The molecule has 0 fully saturated rings. The minimum absolute atomic E-state index is 0.350. The lowest BCUT2D eigenvalue weighted by molar-refractivity contribution is 0.249. The molecule has 0 saturated heterocycles. The lowest BCUT2D eigenvalue weighted by atomic mass is 9.81. The molecular formula is C17H23FN2. The summed E-state index contributed by atoms with van der Waals surface area (Å²) >= 11 is 0. The number of allylic oxidation sites excluding steroid dienone is 2. The van der Waals surface area contributed by atoms with Gasteiger partial charge in [0, 0.05) is 5.69 Å². The Morgan fingerprint density at radius 1 is 1.25 bits per heavy atom. The number of hydrogen-bond acceptors (Lipinski definition) is 2. The Morgan fingerprint density at radius 3 is 2.45 bits per heavy atom. The Labute approximate surface area is 120 Å². The standard InChI is InChI=1S/C17H23FN2/c1-5-14-10-7-11-17(4,16(14)20-18)19-15-12(2)8-6-9-13(15)3/h6-11,16,19-20H,5H2,1-4H3. The summed E-state index contributed by atoms with van der Waals surface area (Å²) in [6.07, 6.45) is 6.85. The number of rotatable bonds is 4. The summed E-state index contributed by atoms with van der Waals surface area (Å²) < 4.78 is 13.4. The van der Waals surface area contributed by atoms with Crippen molar-refractivity contribution in [1.29, 1.82) is 0 Å². The van der Waals surface area contributed by atoms with E-state index < -0.39 is 5.54 Å². The monoisotopic (exact) mass is 274 g/mol. The third-order valence-corrected chi connectivity index (χ3v) is 4.12. The molecule has 0 amide bonds. The highest BCUT2D eigenvalue weighted by Gasteiger charge is 2.36. The SMILES string of the molecule is CCC1=CC=CC(C)(Nc2c(C)cccc2C)C1NF. The second-order valence-electron chi connectivity index (χ2n) is 5.67. The zero-order chi connectivity index (χ0) is 14.8. The van der Waals surface area contributed by atoms with Gasteiger partial charge >= 0.3 is 0 Å². The van der Waals surface area contributed by atoms with Crippen LogP contribution in [0.5, 0.6) is 0 Å². The van der Waals surface area contributed by atoms with Crippen molar-refractivity contribution in [2.45, 2.75) is 45.7 Å². The van der Waals surface area contributed by atoms with Crippen molar-refractivity contribution in [3.63, 3.8) is 0 Å². The summed E-state index contributed by atoms with van der Waals surface area (Å²) in [5, 5.41) is 3.53. The van der Waals surface area contributed by atoms with E-state index in [9.17, 15) is 4.48 Å². The topological polar surface area (TPSA) is 24.1 Å². The Morgan fingerprint density at radius 2 is 1.90 bits per heavy atom. The van der Waals surface area contributed by atoms with Crippen molar-refractivity contribution in [2.24, 2.45) is 0 Å². The van der Waals surface area contributed by atoms with Gasteiger partial charge in [-0.3, -0.25) is 0 Å². The lowest BCUT2D eigenvalue weighted by Crippen LogP contribution is -2.52. The molecule has 3 heteroatoms. The van der Waals surface area contributed by atoms with Crippen LogP contribution in [0, 0.1) is 13.8 Å². The average molecular weight is 274 g/mol. The summed E-state index contributed by atoms with van der Waals surface area (Å²) in [5.74, 6) is 0. The molecule has 1 aliphatic rings. The Balaban J connectivity index is 2.36. The highest BCUT2D eigenvalue weighted by atomic mass is 19.2. The molecule has 0 aliphatic heterocycles. The quantitative estimate of drug-likeness (QED) is 0.803. The van der Waals surface area contributed by atoms with Crippen LogP contribution in [0.15, 0.2) is 42.0 Å². The molecule has 108 valence electrons. The first-order valence-electron chi connectivity index (χ1n) is 7.10. The predicted molar refractivity (Wildman–Crippen MR) is 83.5 cm³/mol.